The maximum Gasteiger partial charge on any atom is 0.164 e. The molecule has 36 heavy (non-hydrogen) atoms. The molecule has 1 N–H and O–H groups in total. The fraction of sp³-hybridized carbons (Fsp3) is 0.556. The fourth-order valence-electron chi connectivity index (χ4n) is 5.40. The number of nitrogens with zero attached hydrogens (tertiary/aromatic N) is 1. The lowest BCUT2D eigenvalue weighted by atomic mass is 10.0. The molecule has 0 amide bonds. The molecule has 4 aliphatic rings. The number of ether oxygens (including phenoxy) is 7. The molecule has 0 radical (unpaired) electrons. The van der Waals surface area contributed by atoms with Crippen LogP contribution in [0.15, 0.2) is 48.5 Å². The van der Waals surface area contributed by atoms with E-state index in [1.807, 2.05) is 76.2 Å². The van der Waals surface area contributed by atoms with E-state index in [-0.39, 0.29) is 12.7 Å². The zero-order valence-electron chi connectivity index (χ0n) is 21.0. The van der Waals surface area contributed by atoms with Gasteiger partial charge in [0.1, 0.15) is 55.2 Å². The Morgan fingerprint density at radius 2 is 1.69 bits per heavy atom. The van der Waals surface area contributed by atoms with Crippen LogP contribution >= 0.6 is 0 Å². The van der Waals surface area contributed by atoms with Crippen molar-refractivity contribution in [2.75, 3.05) is 13.2 Å². The van der Waals surface area contributed by atoms with Gasteiger partial charge < -0.3 is 38.4 Å². The van der Waals surface area contributed by atoms with Gasteiger partial charge in [0.05, 0.1) is 6.61 Å². The number of hydroxylamine groups is 2. The molecule has 6 atom stereocenters. The van der Waals surface area contributed by atoms with Crippen LogP contribution in [0, 0.1) is 0 Å². The van der Waals surface area contributed by atoms with E-state index in [0.29, 0.717) is 24.7 Å². The minimum absolute atomic E-state index is 0.274. The van der Waals surface area contributed by atoms with E-state index in [1.54, 1.807) is 0 Å². The number of benzene rings is 2. The van der Waals surface area contributed by atoms with Crippen LogP contribution in [-0.2, 0) is 30.3 Å². The van der Waals surface area contributed by atoms with Crippen LogP contribution in [0.1, 0.15) is 44.9 Å². The summed E-state index contributed by atoms with van der Waals surface area (Å²) in [5.41, 5.74) is 1.94. The molecular weight excluding hydrogens is 466 g/mol. The Morgan fingerprint density at radius 3 is 2.44 bits per heavy atom. The monoisotopic (exact) mass is 499 g/mol. The Morgan fingerprint density at radius 1 is 0.917 bits per heavy atom. The van der Waals surface area contributed by atoms with Crippen molar-refractivity contribution < 1.29 is 38.4 Å². The van der Waals surface area contributed by atoms with E-state index in [9.17, 15) is 5.21 Å². The molecule has 0 aliphatic carbocycles. The van der Waals surface area contributed by atoms with Crippen LogP contribution in [0.2, 0.25) is 0 Å². The third kappa shape index (κ3) is 4.50. The molecule has 4 heterocycles. The van der Waals surface area contributed by atoms with Gasteiger partial charge in [0.2, 0.25) is 0 Å². The first-order chi connectivity index (χ1) is 17.2. The molecule has 9 heteroatoms. The summed E-state index contributed by atoms with van der Waals surface area (Å²) in [6.45, 7) is 8.59. The van der Waals surface area contributed by atoms with E-state index < -0.39 is 42.2 Å². The van der Waals surface area contributed by atoms with Gasteiger partial charge in [-0.1, -0.05) is 30.3 Å². The summed E-state index contributed by atoms with van der Waals surface area (Å²) in [5, 5.41) is 12.6. The Balaban J connectivity index is 1.18. The average molecular weight is 500 g/mol. The largest absolute Gasteiger partial charge is 0.491 e. The van der Waals surface area contributed by atoms with Crippen LogP contribution in [0.5, 0.6) is 11.5 Å². The molecule has 0 spiro atoms. The summed E-state index contributed by atoms with van der Waals surface area (Å²) in [6, 6.07) is 15.2. The van der Waals surface area contributed by atoms with Crippen LogP contribution in [0.3, 0.4) is 0 Å². The first-order valence-corrected chi connectivity index (χ1v) is 12.4. The summed E-state index contributed by atoms with van der Waals surface area (Å²) < 4.78 is 42.4. The highest BCUT2D eigenvalue weighted by atomic mass is 16.8. The van der Waals surface area contributed by atoms with Crippen LogP contribution in [-0.4, -0.2) is 65.7 Å². The van der Waals surface area contributed by atoms with E-state index in [4.69, 9.17) is 33.2 Å². The highest BCUT2D eigenvalue weighted by molar-refractivity contribution is 5.45. The Labute approximate surface area is 210 Å². The summed E-state index contributed by atoms with van der Waals surface area (Å²) in [4.78, 5) is 0. The maximum atomic E-state index is 11.4. The normalized spacial score (nSPS) is 33.9. The minimum Gasteiger partial charge on any atom is -0.491 e. The van der Waals surface area contributed by atoms with Gasteiger partial charge in [0.15, 0.2) is 17.8 Å². The van der Waals surface area contributed by atoms with Crippen molar-refractivity contribution in [1.29, 1.82) is 0 Å². The van der Waals surface area contributed by atoms with Crippen molar-refractivity contribution >= 4 is 0 Å². The maximum absolute atomic E-state index is 11.4. The van der Waals surface area contributed by atoms with Crippen molar-refractivity contribution in [3.63, 3.8) is 0 Å². The topological polar surface area (TPSA) is 88.1 Å². The zero-order chi connectivity index (χ0) is 25.1. The minimum atomic E-state index is -0.805. The molecule has 3 fully saturated rings. The quantitative estimate of drug-likeness (QED) is 0.597. The molecule has 3 saturated heterocycles. The van der Waals surface area contributed by atoms with Gasteiger partial charge in [-0.2, -0.15) is 0 Å². The van der Waals surface area contributed by atoms with E-state index in [2.05, 4.69) is 0 Å². The van der Waals surface area contributed by atoms with Gasteiger partial charge in [0.25, 0.3) is 0 Å². The van der Waals surface area contributed by atoms with Crippen LogP contribution < -0.4 is 9.47 Å². The van der Waals surface area contributed by atoms with Gasteiger partial charge in [0, 0.05) is 11.6 Å². The summed E-state index contributed by atoms with van der Waals surface area (Å²) in [7, 11) is 0. The number of hydrogen-bond acceptors (Lipinski definition) is 9. The van der Waals surface area contributed by atoms with E-state index >= 15 is 0 Å². The van der Waals surface area contributed by atoms with E-state index in [1.165, 1.54) is 5.06 Å². The lowest BCUT2D eigenvalue weighted by Gasteiger charge is -2.31. The summed E-state index contributed by atoms with van der Waals surface area (Å²) >= 11 is 0. The lowest BCUT2D eigenvalue weighted by Crippen LogP contribution is -2.44. The SMILES string of the molecule is CC1(C)O[C@H]2[C@@H]([C@H]3COC(C)(C)O3)OC(N(O)[C@@H]3COc4cc(OCc5ccccc5)ccc43)[C@H]2O1. The van der Waals surface area contributed by atoms with Gasteiger partial charge >= 0.3 is 0 Å². The van der Waals surface area contributed by atoms with Gasteiger partial charge in [-0.15, -0.1) is 5.06 Å². The third-order valence-corrected chi connectivity index (χ3v) is 7.03. The second kappa shape index (κ2) is 8.95. The van der Waals surface area contributed by atoms with Crippen LogP contribution in [0.4, 0.5) is 0 Å². The molecule has 0 saturated carbocycles. The number of hydrogen-bond donors (Lipinski definition) is 1. The Hall–Kier alpha value is -2.24. The number of fused-ring (bicyclic) bond motifs is 2. The van der Waals surface area contributed by atoms with Crippen molar-refractivity contribution in [1.82, 2.24) is 5.06 Å². The Bertz CT molecular complexity index is 1090. The summed E-state index contributed by atoms with van der Waals surface area (Å²) in [6.07, 6.45) is -2.45. The molecule has 0 aromatic heterocycles. The van der Waals surface area contributed by atoms with Crippen LogP contribution in [0.25, 0.3) is 0 Å². The molecule has 2 aromatic carbocycles. The second-order valence-electron chi connectivity index (χ2n) is 10.6. The van der Waals surface area contributed by atoms with Gasteiger partial charge in [-0.05, 0) is 45.4 Å². The predicted molar refractivity (Wildman–Crippen MR) is 126 cm³/mol. The van der Waals surface area contributed by atoms with Crippen molar-refractivity contribution in [2.24, 2.45) is 0 Å². The predicted octanol–water partition coefficient (Wildman–Crippen LogP) is 3.79. The molecule has 0 bridgehead atoms. The molecule has 4 aliphatic heterocycles. The number of rotatable bonds is 6. The van der Waals surface area contributed by atoms with E-state index in [0.717, 1.165) is 11.1 Å². The van der Waals surface area contributed by atoms with Crippen molar-refractivity contribution in [3.05, 3.63) is 59.7 Å². The fourth-order valence-corrected chi connectivity index (χ4v) is 5.40. The molecule has 6 rings (SSSR count). The first-order valence-electron chi connectivity index (χ1n) is 12.4. The molecule has 9 nitrogen and oxygen atoms in total. The third-order valence-electron chi connectivity index (χ3n) is 7.03. The molecule has 2 aromatic rings. The van der Waals surface area contributed by atoms with Gasteiger partial charge in [-0.3, -0.25) is 0 Å². The highest BCUT2D eigenvalue weighted by Gasteiger charge is 2.61. The Kier molecular flexibility index (Phi) is 6.00. The average Bonchev–Trinajstić information content (AvgIpc) is 3.58. The summed E-state index contributed by atoms with van der Waals surface area (Å²) in [5.74, 6) is -0.127. The first kappa shape index (κ1) is 24.1. The van der Waals surface area contributed by atoms with Crippen molar-refractivity contribution in [3.8, 4) is 11.5 Å². The van der Waals surface area contributed by atoms with Crippen molar-refractivity contribution in [2.45, 2.75) is 82.6 Å². The molecular formula is C27H33NO8. The molecule has 194 valence electrons. The zero-order valence-corrected chi connectivity index (χ0v) is 21.0. The lowest BCUT2D eigenvalue weighted by molar-refractivity contribution is -0.285. The highest BCUT2D eigenvalue weighted by Crippen LogP contribution is 2.46. The standard InChI is InChI=1S/C27H33NO8/c1-26(2)32-15-21(34-26)22-23-24(36-27(3,4)35-23)25(33-22)28(29)19-14-31-20-12-17(10-11-18(19)20)30-13-16-8-6-5-7-9-16/h5-12,19,21-25,29H,13-15H2,1-4H3/t19-,21-,22-,23+,24+,25?/m1/s1. The smallest absolute Gasteiger partial charge is 0.164 e. The molecule has 1 unspecified atom stereocenters. The van der Waals surface area contributed by atoms with Gasteiger partial charge in [-0.25, -0.2) is 0 Å². The second-order valence-corrected chi connectivity index (χ2v) is 10.6.